The molecule has 1 aromatic rings. The van der Waals surface area contributed by atoms with E-state index in [1.165, 1.54) is 0 Å². The van der Waals surface area contributed by atoms with Crippen molar-refractivity contribution in [3.63, 3.8) is 0 Å². The summed E-state index contributed by atoms with van der Waals surface area (Å²) in [7, 11) is 0. The van der Waals surface area contributed by atoms with Crippen LogP contribution in [0.25, 0.3) is 0 Å². The molecule has 1 aromatic carbocycles. The van der Waals surface area contributed by atoms with E-state index < -0.39 is 29.3 Å². The number of carbonyl (C=O) groups is 1. The Morgan fingerprint density at radius 2 is 2.00 bits per heavy atom. The third-order valence-corrected chi connectivity index (χ3v) is 4.10. The second kappa shape index (κ2) is 5.77. The highest BCUT2D eigenvalue weighted by molar-refractivity contribution is 9.10. The third-order valence-electron chi connectivity index (χ3n) is 3.65. The average molecular weight is 347 g/mol. The molecule has 3 nitrogen and oxygen atoms in total. The Labute approximate surface area is 125 Å². The van der Waals surface area contributed by atoms with Crippen LogP contribution in [0.1, 0.15) is 26.7 Å². The summed E-state index contributed by atoms with van der Waals surface area (Å²) in [4.78, 5) is 12.3. The lowest BCUT2D eigenvalue weighted by Crippen LogP contribution is -2.53. The molecule has 1 atom stereocenters. The van der Waals surface area contributed by atoms with Gasteiger partial charge in [0.25, 0.3) is 0 Å². The summed E-state index contributed by atoms with van der Waals surface area (Å²) in [6, 6.07) is 1.79. The smallest absolute Gasteiger partial charge is 0.242 e. The highest BCUT2D eigenvalue weighted by Gasteiger charge is 2.37. The molecular weight excluding hydrogens is 330 g/mol. The molecule has 1 aliphatic heterocycles. The number of amides is 1. The molecule has 0 radical (unpaired) electrons. The first-order chi connectivity index (χ1) is 9.31. The second-order valence-electron chi connectivity index (χ2n) is 5.71. The first-order valence-electron chi connectivity index (χ1n) is 6.50. The van der Waals surface area contributed by atoms with E-state index in [1.54, 1.807) is 0 Å². The number of carbonyl (C=O) groups excluding carboxylic acids is 1. The second-order valence-corrected chi connectivity index (χ2v) is 6.63. The molecule has 6 heteroatoms. The van der Waals surface area contributed by atoms with Crippen molar-refractivity contribution in [2.75, 3.05) is 11.9 Å². The Morgan fingerprint density at radius 1 is 1.40 bits per heavy atom. The number of halogens is 3. The standard InChI is InChI=1S/C14H17BrF2N2O/c1-14(2)4-3-5-18-12(14)13(20)19-11-9(16)6-8(15)7-10(11)17/h6-7,12,18H,3-5H2,1-2H3,(H,19,20). The van der Waals surface area contributed by atoms with Crippen molar-refractivity contribution >= 4 is 27.5 Å². The molecule has 0 bridgehead atoms. The molecule has 20 heavy (non-hydrogen) atoms. The van der Waals surface area contributed by atoms with Crippen LogP contribution < -0.4 is 10.6 Å². The summed E-state index contributed by atoms with van der Waals surface area (Å²) in [6.07, 6.45) is 1.88. The maximum absolute atomic E-state index is 13.7. The molecule has 1 unspecified atom stereocenters. The van der Waals surface area contributed by atoms with Crippen LogP contribution in [-0.4, -0.2) is 18.5 Å². The zero-order chi connectivity index (χ0) is 14.9. The van der Waals surface area contributed by atoms with Gasteiger partial charge in [-0.15, -0.1) is 0 Å². The molecule has 0 aromatic heterocycles. The Hall–Kier alpha value is -1.01. The first-order valence-corrected chi connectivity index (χ1v) is 7.29. The Bertz CT molecular complexity index is 511. The normalized spacial score (nSPS) is 21.6. The fourth-order valence-electron chi connectivity index (χ4n) is 2.52. The molecule has 1 heterocycles. The summed E-state index contributed by atoms with van der Waals surface area (Å²) in [5, 5.41) is 5.47. The van der Waals surface area contributed by atoms with Gasteiger partial charge in [0, 0.05) is 4.47 Å². The molecule has 1 amide bonds. The average Bonchev–Trinajstić information content (AvgIpc) is 2.32. The maximum Gasteiger partial charge on any atom is 0.242 e. The highest BCUT2D eigenvalue weighted by atomic mass is 79.9. The van der Waals surface area contributed by atoms with E-state index in [4.69, 9.17) is 0 Å². The van der Waals surface area contributed by atoms with Gasteiger partial charge < -0.3 is 10.6 Å². The maximum atomic E-state index is 13.7. The fourth-order valence-corrected chi connectivity index (χ4v) is 2.92. The molecule has 2 rings (SSSR count). The molecule has 0 aliphatic carbocycles. The van der Waals surface area contributed by atoms with E-state index in [0.29, 0.717) is 4.47 Å². The molecule has 110 valence electrons. The van der Waals surface area contributed by atoms with Crippen LogP contribution >= 0.6 is 15.9 Å². The third kappa shape index (κ3) is 3.17. The van der Waals surface area contributed by atoms with Crippen LogP contribution in [0, 0.1) is 17.0 Å². The molecule has 2 N–H and O–H groups in total. The minimum absolute atomic E-state index is 0.245. The van der Waals surface area contributed by atoms with Gasteiger partial charge in [0.1, 0.15) is 5.69 Å². The molecule has 1 fully saturated rings. The van der Waals surface area contributed by atoms with Gasteiger partial charge in [0.2, 0.25) is 5.91 Å². The lowest BCUT2D eigenvalue weighted by atomic mass is 9.77. The van der Waals surface area contributed by atoms with Gasteiger partial charge in [0.15, 0.2) is 11.6 Å². The van der Waals surface area contributed by atoms with E-state index >= 15 is 0 Å². The van der Waals surface area contributed by atoms with E-state index in [9.17, 15) is 13.6 Å². The van der Waals surface area contributed by atoms with Crippen LogP contribution in [0.5, 0.6) is 0 Å². The fraction of sp³-hybridized carbons (Fsp3) is 0.500. The number of anilines is 1. The number of nitrogens with one attached hydrogen (secondary N) is 2. The summed E-state index contributed by atoms with van der Waals surface area (Å²) >= 11 is 3.00. The van der Waals surface area contributed by atoms with Crippen molar-refractivity contribution in [1.29, 1.82) is 0 Å². The van der Waals surface area contributed by atoms with Crippen molar-refractivity contribution in [2.24, 2.45) is 5.41 Å². The van der Waals surface area contributed by atoms with Crippen molar-refractivity contribution in [3.05, 3.63) is 28.2 Å². The van der Waals surface area contributed by atoms with Crippen molar-refractivity contribution in [2.45, 2.75) is 32.7 Å². The van der Waals surface area contributed by atoms with Crippen LogP contribution in [0.2, 0.25) is 0 Å². The number of benzene rings is 1. The summed E-state index contributed by atoms with van der Waals surface area (Å²) in [6.45, 7) is 4.67. The Morgan fingerprint density at radius 3 is 2.55 bits per heavy atom. The molecule has 0 saturated carbocycles. The number of rotatable bonds is 2. The number of hydrogen-bond acceptors (Lipinski definition) is 2. The lowest BCUT2D eigenvalue weighted by Gasteiger charge is -2.38. The zero-order valence-electron chi connectivity index (χ0n) is 11.4. The topological polar surface area (TPSA) is 41.1 Å². The van der Waals surface area contributed by atoms with Crippen LogP contribution in [0.3, 0.4) is 0 Å². The molecule has 1 aliphatic rings. The number of hydrogen-bond donors (Lipinski definition) is 2. The summed E-state index contributed by atoms with van der Waals surface area (Å²) in [5.41, 5.74) is -0.647. The minimum atomic E-state index is -0.793. The monoisotopic (exact) mass is 346 g/mol. The van der Waals surface area contributed by atoms with Gasteiger partial charge in [-0.3, -0.25) is 4.79 Å². The summed E-state index contributed by atoms with van der Waals surface area (Å²) < 4.78 is 27.7. The van der Waals surface area contributed by atoms with Gasteiger partial charge in [-0.25, -0.2) is 8.78 Å². The van der Waals surface area contributed by atoms with Gasteiger partial charge >= 0.3 is 0 Å². The minimum Gasteiger partial charge on any atom is -0.320 e. The summed E-state index contributed by atoms with van der Waals surface area (Å²) in [5.74, 6) is -1.99. The van der Waals surface area contributed by atoms with E-state index in [0.717, 1.165) is 31.5 Å². The molecule has 1 saturated heterocycles. The van der Waals surface area contributed by atoms with Crippen molar-refractivity contribution < 1.29 is 13.6 Å². The Balaban J connectivity index is 2.20. The van der Waals surface area contributed by atoms with Crippen LogP contribution in [0.15, 0.2) is 16.6 Å². The zero-order valence-corrected chi connectivity index (χ0v) is 13.0. The Kier molecular flexibility index (Phi) is 4.44. The van der Waals surface area contributed by atoms with E-state index in [2.05, 4.69) is 26.6 Å². The van der Waals surface area contributed by atoms with Crippen molar-refractivity contribution in [1.82, 2.24) is 5.32 Å². The van der Waals surface area contributed by atoms with Gasteiger partial charge in [-0.1, -0.05) is 29.8 Å². The van der Waals surface area contributed by atoms with Crippen LogP contribution in [-0.2, 0) is 4.79 Å². The van der Waals surface area contributed by atoms with E-state index in [1.807, 2.05) is 13.8 Å². The predicted octanol–water partition coefficient (Wildman–Crippen LogP) is 3.44. The van der Waals surface area contributed by atoms with Crippen LogP contribution in [0.4, 0.5) is 14.5 Å². The number of piperidine rings is 1. The highest BCUT2D eigenvalue weighted by Crippen LogP contribution is 2.31. The van der Waals surface area contributed by atoms with Gasteiger partial charge in [0.05, 0.1) is 6.04 Å². The van der Waals surface area contributed by atoms with E-state index in [-0.39, 0.29) is 5.41 Å². The largest absolute Gasteiger partial charge is 0.320 e. The van der Waals surface area contributed by atoms with Gasteiger partial charge in [-0.2, -0.15) is 0 Å². The predicted molar refractivity (Wildman–Crippen MR) is 77.5 cm³/mol. The first kappa shape index (κ1) is 15.4. The molecular formula is C14H17BrF2N2O. The lowest BCUT2D eigenvalue weighted by molar-refractivity contribution is -0.121. The SMILES string of the molecule is CC1(C)CCCNC1C(=O)Nc1c(F)cc(Br)cc1F. The quantitative estimate of drug-likeness (QED) is 0.861. The van der Waals surface area contributed by atoms with Gasteiger partial charge in [-0.05, 0) is 36.9 Å². The van der Waals surface area contributed by atoms with Crippen molar-refractivity contribution in [3.8, 4) is 0 Å². The molecule has 0 spiro atoms.